The zero-order chi connectivity index (χ0) is 11.3. The van der Waals surface area contributed by atoms with Gasteiger partial charge in [0.25, 0.3) is 0 Å². The van der Waals surface area contributed by atoms with E-state index in [1.165, 1.54) is 0 Å². The van der Waals surface area contributed by atoms with Gasteiger partial charge in [0.2, 0.25) is 0 Å². The summed E-state index contributed by atoms with van der Waals surface area (Å²) in [6.07, 6.45) is 2.00. The first-order valence-corrected chi connectivity index (χ1v) is 6.79. The number of benzene rings is 1. The Labute approximate surface area is 98.5 Å². The second kappa shape index (κ2) is 3.21. The van der Waals surface area contributed by atoms with Gasteiger partial charge in [0, 0.05) is 16.5 Å². The highest BCUT2D eigenvalue weighted by Gasteiger charge is 2.34. The lowest BCUT2D eigenvalue weighted by Gasteiger charge is -2.17. The Hall–Kier alpha value is -1.07. The summed E-state index contributed by atoms with van der Waals surface area (Å²) in [6, 6.07) is 5.10. The normalized spacial score (nSPS) is 21.9. The molecule has 0 unspecified atom stereocenters. The number of hydrogen-bond acceptors (Lipinski definition) is 2. The molecule has 6 heteroatoms. The molecule has 1 heterocycles. The standard InChI is InChI=1S/C10H9ClN2O2S/c11-7-3-4-9-8(5-7)10(6-1-2-6)13-16(14,15)12-9/h3-6,12H,1-2H2. The number of halogens is 1. The molecule has 1 fully saturated rings. The van der Waals surface area contributed by atoms with Gasteiger partial charge in [-0.15, -0.1) is 4.40 Å². The van der Waals surface area contributed by atoms with Gasteiger partial charge in [-0.25, -0.2) is 0 Å². The van der Waals surface area contributed by atoms with Crippen molar-refractivity contribution in [3.05, 3.63) is 28.8 Å². The van der Waals surface area contributed by atoms with Crippen molar-refractivity contribution in [1.82, 2.24) is 0 Å². The molecule has 0 saturated heterocycles. The van der Waals surface area contributed by atoms with Crippen LogP contribution in [0.2, 0.25) is 5.02 Å². The molecule has 0 amide bonds. The first-order chi connectivity index (χ1) is 7.55. The van der Waals surface area contributed by atoms with E-state index in [1.807, 2.05) is 0 Å². The molecule has 1 aliphatic heterocycles. The van der Waals surface area contributed by atoms with E-state index in [2.05, 4.69) is 9.12 Å². The fraction of sp³-hybridized carbons (Fsp3) is 0.300. The Morgan fingerprint density at radius 1 is 1.38 bits per heavy atom. The lowest BCUT2D eigenvalue weighted by atomic mass is 10.0. The molecule has 1 aromatic rings. The molecular weight excluding hydrogens is 248 g/mol. The van der Waals surface area contributed by atoms with Crippen molar-refractivity contribution in [3.63, 3.8) is 0 Å². The van der Waals surface area contributed by atoms with Crippen LogP contribution in [0.25, 0.3) is 0 Å². The Morgan fingerprint density at radius 3 is 2.81 bits per heavy atom. The maximum Gasteiger partial charge on any atom is 0.342 e. The van der Waals surface area contributed by atoms with Gasteiger partial charge in [-0.05, 0) is 31.0 Å². The van der Waals surface area contributed by atoms with E-state index in [-0.39, 0.29) is 5.92 Å². The third-order valence-electron chi connectivity index (χ3n) is 2.68. The van der Waals surface area contributed by atoms with Gasteiger partial charge in [0.15, 0.2) is 0 Å². The molecule has 84 valence electrons. The summed E-state index contributed by atoms with van der Waals surface area (Å²) in [6.45, 7) is 0. The van der Waals surface area contributed by atoms with Gasteiger partial charge in [-0.3, -0.25) is 4.72 Å². The highest BCUT2D eigenvalue weighted by Crippen LogP contribution is 2.38. The van der Waals surface area contributed by atoms with Gasteiger partial charge in [-0.1, -0.05) is 11.6 Å². The van der Waals surface area contributed by atoms with Crippen molar-refractivity contribution in [2.24, 2.45) is 10.3 Å². The molecule has 16 heavy (non-hydrogen) atoms. The summed E-state index contributed by atoms with van der Waals surface area (Å²) in [5.74, 6) is 0.272. The number of hydrogen-bond donors (Lipinski definition) is 1. The minimum atomic E-state index is -3.57. The summed E-state index contributed by atoms with van der Waals surface area (Å²) in [7, 11) is -3.57. The van der Waals surface area contributed by atoms with Crippen LogP contribution in [0, 0.1) is 5.92 Å². The van der Waals surface area contributed by atoms with E-state index in [0.717, 1.165) is 18.4 Å². The monoisotopic (exact) mass is 256 g/mol. The lowest BCUT2D eigenvalue weighted by Crippen LogP contribution is -2.22. The van der Waals surface area contributed by atoms with E-state index >= 15 is 0 Å². The Kier molecular flexibility index (Phi) is 2.03. The molecular formula is C10H9ClN2O2S. The fourth-order valence-corrected chi connectivity index (χ4v) is 2.99. The molecule has 3 rings (SSSR count). The highest BCUT2D eigenvalue weighted by atomic mass is 35.5. The topological polar surface area (TPSA) is 58.5 Å². The number of nitrogens with one attached hydrogen (secondary N) is 1. The molecule has 1 N–H and O–H groups in total. The van der Waals surface area contributed by atoms with Gasteiger partial charge in [-0.2, -0.15) is 8.42 Å². The Morgan fingerprint density at radius 2 is 2.12 bits per heavy atom. The molecule has 1 aromatic carbocycles. The van der Waals surface area contributed by atoms with Crippen LogP contribution in [0.15, 0.2) is 22.6 Å². The van der Waals surface area contributed by atoms with Crippen LogP contribution < -0.4 is 4.72 Å². The highest BCUT2D eigenvalue weighted by molar-refractivity contribution is 7.91. The molecule has 0 atom stereocenters. The predicted molar refractivity (Wildman–Crippen MR) is 63.3 cm³/mol. The van der Waals surface area contributed by atoms with Crippen molar-refractivity contribution in [2.75, 3.05) is 4.72 Å². The first-order valence-electron chi connectivity index (χ1n) is 4.98. The Balaban J connectivity index is 2.22. The lowest BCUT2D eigenvalue weighted by molar-refractivity contribution is 0.602. The second-order valence-electron chi connectivity index (χ2n) is 4.02. The number of rotatable bonds is 1. The zero-order valence-corrected chi connectivity index (χ0v) is 9.85. The van der Waals surface area contributed by atoms with Gasteiger partial charge in [0.1, 0.15) is 0 Å². The van der Waals surface area contributed by atoms with Crippen LogP contribution in [-0.4, -0.2) is 14.1 Å². The number of anilines is 1. The van der Waals surface area contributed by atoms with Crippen molar-refractivity contribution in [3.8, 4) is 0 Å². The average molecular weight is 257 g/mol. The Bertz CT molecular complexity index is 591. The molecule has 1 saturated carbocycles. The molecule has 4 nitrogen and oxygen atoms in total. The molecule has 2 aliphatic rings. The maximum absolute atomic E-state index is 11.5. The van der Waals surface area contributed by atoms with Crippen LogP contribution in [0.4, 0.5) is 5.69 Å². The third kappa shape index (κ3) is 1.70. The van der Waals surface area contributed by atoms with E-state index < -0.39 is 10.2 Å². The van der Waals surface area contributed by atoms with Gasteiger partial charge >= 0.3 is 10.2 Å². The first kappa shape index (κ1) is 10.1. The molecule has 0 spiro atoms. The number of fused-ring (bicyclic) bond motifs is 1. The third-order valence-corrected chi connectivity index (χ3v) is 3.83. The largest absolute Gasteiger partial charge is 0.342 e. The fourth-order valence-electron chi connectivity index (χ4n) is 1.81. The van der Waals surface area contributed by atoms with Crippen molar-refractivity contribution in [2.45, 2.75) is 12.8 Å². The molecule has 1 aliphatic carbocycles. The summed E-state index contributed by atoms with van der Waals surface area (Å²) in [5, 5.41) is 0.591. The van der Waals surface area contributed by atoms with E-state index in [9.17, 15) is 8.42 Å². The van der Waals surface area contributed by atoms with Gasteiger partial charge in [0.05, 0.1) is 11.4 Å². The van der Waals surface area contributed by atoms with E-state index in [0.29, 0.717) is 16.4 Å². The van der Waals surface area contributed by atoms with Crippen molar-refractivity contribution < 1.29 is 8.42 Å². The van der Waals surface area contributed by atoms with Crippen LogP contribution in [0.5, 0.6) is 0 Å². The summed E-state index contributed by atoms with van der Waals surface area (Å²) in [4.78, 5) is 0. The molecule has 0 aromatic heterocycles. The van der Waals surface area contributed by atoms with E-state index in [1.54, 1.807) is 18.2 Å². The minimum absolute atomic E-state index is 0.272. The van der Waals surface area contributed by atoms with Crippen LogP contribution in [0.3, 0.4) is 0 Å². The van der Waals surface area contributed by atoms with Crippen LogP contribution >= 0.6 is 11.6 Å². The van der Waals surface area contributed by atoms with E-state index in [4.69, 9.17) is 11.6 Å². The van der Waals surface area contributed by atoms with Gasteiger partial charge < -0.3 is 0 Å². The smallest absolute Gasteiger partial charge is 0.264 e. The van der Waals surface area contributed by atoms with Crippen molar-refractivity contribution >= 4 is 33.2 Å². The average Bonchev–Trinajstić information content (AvgIpc) is 3.00. The SMILES string of the molecule is O=S1(=O)N=C(C2CC2)c2cc(Cl)ccc2N1. The number of nitrogens with zero attached hydrogens (tertiary/aromatic N) is 1. The van der Waals surface area contributed by atoms with Crippen LogP contribution in [-0.2, 0) is 10.2 Å². The zero-order valence-electron chi connectivity index (χ0n) is 8.27. The summed E-state index contributed by atoms with van der Waals surface area (Å²) >= 11 is 5.91. The quantitative estimate of drug-likeness (QED) is 0.838. The summed E-state index contributed by atoms with van der Waals surface area (Å²) in [5.41, 5.74) is 2.03. The minimum Gasteiger partial charge on any atom is -0.264 e. The maximum atomic E-state index is 11.5. The van der Waals surface area contributed by atoms with Crippen molar-refractivity contribution in [1.29, 1.82) is 0 Å². The molecule has 0 bridgehead atoms. The van der Waals surface area contributed by atoms with Crippen LogP contribution in [0.1, 0.15) is 18.4 Å². The summed E-state index contributed by atoms with van der Waals surface area (Å²) < 4.78 is 29.2. The second-order valence-corrected chi connectivity index (χ2v) is 5.79. The predicted octanol–water partition coefficient (Wildman–Crippen LogP) is 2.21. The molecule has 0 radical (unpaired) electrons.